The Hall–Kier alpha value is -3.85. The fraction of sp³-hybridized carbons (Fsp3) is 0.143. The highest BCUT2D eigenvalue weighted by atomic mass is 35.5. The van der Waals surface area contributed by atoms with Gasteiger partial charge in [-0.05, 0) is 30.7 Å². The molecule has 1 N–H and O–H groups in total. The number of aromatic nitrogens is 1. The van der Waals surface area contributed by atoms with E-state index in [2.05, 4.69) is 10.5 Å². The summed E-state index contributed by atoms with van der Waals surface area (Å²) in [4.78, 5) is 21.0. The molecule has 0 unspecified atom stereocenters. The van der Waals surface area contributed by atoms with E-state index in [4.69, 9.17) is 11.6 Å². The summed E-state index contributed by atoms with van der Waals surface area (Å²) in [7, 11) is 0. The monoisotopic (exact) mass is 440 g/mol. The molecule has 0 aliphatic heterocycles. The normalized spacial score (nSPS) is 11.3. The average molecular weight is 441 g/mol. The van der Waals surface area contributed by atoms with Gasteiger partial charge in [-0.15, -0.1) is 0 Å². The van der Waals surface area contributed by atoms with Crippen molar-refractivity contribution in [3.05, 3.63) is 103 Å². The van der Waals surface area contributed by atoms with Gasteiger partial charge in [0.15, 0.2) is 18.4 Å². The second kappa shape index (κ2) is 9.31. The first kappa shape index (κ1) is 21.8. The number of nitro benzene ring substituents is 2. The molecule has 10 heteroatoms. The first-order chi connectivity index (χ1) is 14.7. The molecule has 1 aromatic heterocycles. The summed E-state index contributed by atoms with van der Waals surface area (Å²) in [5, 5.41) is 27.3. The molecule has 0 saturated heterocycles. The maximum atomic E-state index is 11.4. The highest BCUT2D eigenvalue weighted by Gasteiger charge is 2.20. The third-order valence-corrected chi connectivity index (χ3v) is 4.86. The number of nitrogens with zero attached hydrogens (tertiary/aromatic N) is 4. The minimum atomic E-state index is -0.689. The number of pyridine rings is 1. The Balaban J connectivity index is 2.00. The smallest absolute Gasteiger partial charge is 0.271 e. The van der Waals surface area contributed by atoms with Crippen LogP contribution in [0.15, 0.2) is 65.9 Å². The van der Waals surface area contributed by atoms with Gasteiger partial charge < -0.3 is 0 Å². The van der Waals surface area contributed by atoms with Crippen molar-refractivity contribution in [2.24, 2.45) is 5.10 Å². The van der Waals surface area contributed by atoms with Gasteiger partial charge in [0.1, 0.15) is 11.4 Å². The third-order valence-electron chi connectivity index (χ3n) is 4.60. The zero-order valence-corrected chi connectivity index (χ0v) is 17.5. The molecule has 0 amide bonds. The maximum Gasteiger partial charge on any atom is 0.301 e. The summed E-state index contributed by atoms with van der Waals surface area (Å²) in [6.45, 7) is 4.36. The van der Waals surface area contributed by atoms with Crippen molar-refractivity contribution in [2.45, 2.75) is 20.4 Å². The van der Waals surface area contributed by atoms with Crippen LogP contribution in [0.3, 0.4) is 0 Å². The van der Waals surface area contributed by atoms with E-state index >= 15 is 0 Å². The SMILES string of the molecule is Cc1cc[n+](C/C(=N/Nc2ccc([N+](=O)[O-])cc2[N+](=O)[O-])c2ccc(Cl)cc2)c(C)c1. The lowest BCUT2D eigenvalue weighted by atomic mass is 10.1. The largest absolute Gasteiger partial charge is 0.301 e. The summed E-state index contributed by atoms with van der Waals surface area (Å²) in [6.07, 6.45) is 1.93. The number of anilines is 1. The van der Waals surface area contributed by atoms with Gasteiger partial charge in [0.2, 0.25) is 0 Å². The van der Waals surface area contributed by atoms with Crippen molar-refractivity contribution in [1.82, 2.24) is 0 Å². The number of hydrogen-bond donors (Lipinski definition) is 1. The van der Waals surface area contributed by atoms with Gasteiger partial charge >= 0.3 is 5.69 Å². The lowest BCUT2D eigenvalue weighted by Gasteiger charge is -2.08. The quantitative estimate of drug-likeness (QED) is 0.250. The van der Waals surface area contributed by atoms with E-state index in [-0.39, 0.29) is 11.4 Å². The number of hydrogen-bond acceptors (Lipinski definition) is 6. The van der Waals surface area contributed by atoms with Crippen molar-refractivity contribution < 1.29 is 14.4 Å². The van der Waals surface area contributed by atoms with Crippen LogP contribution in [-0.4, -0.2) is 15.6 Å². The van der Waals surface area contributed by atoms with E-state index < -0.39 is 15.5 Å². The van der Waals surface area contributed by atoms with Crippen molar-refractivity contribution >= 4 is 34.4 Å². The predicted octanol–water partition coefficient (Wildman–Crippen LogP) is 4.58. The van der Waals surface area contributed by atoms with E-state index in [1.54, 1.807) is 24.3 Å². The molecule has 2 aromatic carbocycles. The molecule has 9 nitrogen and oxygen atoms in total. The molecule has 0 bridgehead atoms. The van der Waals surface area contributed by atoms with Crippen LogP contribution >= 0.6 is 11.6 Å². The van der Waals surface area contributed by atoms with Gasteiger partial charge in [-0.1, -0.05) is 23.7 Å². The second-order valence-corrected chi connectivity index (χ2v) is 7.30. The van der Waals surface area contributed by atoms with Gasteiger partial charge in [-0.25, -0.2) is 0 Å². The van der Waals surface area contributed by atoms with E-state index in [0.717, 1.165) is 22.9 Å². The molecule has 3 aromatic rings. The summed E-state index contributed by atoms with van der Waals surface area (Å²) in [5.74, 6) is 0. The van der Waals surface area contributed by atoms with Crippen LogP contribution in [-0.2, 0) is 6.54 Å². The fourth-order valence-corrected chi connectivity index (χ4v) is 3.09. The molecule has 0 aliphatic rings. The van der Waals surface area contributed by atoms with E-state index in [9.17, 15) is 20.2 Å². The zero-order valence-electron chi connectivity index (χ0n) is 16.8. The minimum absolute atomic E-state index is 0.0488. The first-order valence-corrected chi connectivity index (χ1v) is 9.60. The van der Waals surface area contributed by atoms with Crippen LogP contribution in [0.4, 0.5) is 17.1 Å². The molecule has 0 saturated carbocycles. The van der Waals surface area contributed by atoms with Crippen LogP contribution in [0, 0.1) is 34.1 Å². The standard InChI is InChI=1S/C21H19ClN5O4/c1-14-9-10-25(15(2)11-14)13-20(16-3-5-17(22)6-4-16)24-23-19-8-7-18(26(28)29)12-21(19)27(30)31/h3-12,23H,13H2,1-2H3/q+1/b24-20-. The number of nitrogens with one attached hydrogen (secondary N) is 1. The Morgan fingerprint density at radius 1 is 1.03 bits per heavy atom. The average Bonchev–Trinajstić information content (AvgIpc) is 2.73. The topological polar surface area (TPSA) is 115 Å². The predicted molar refractivity (Wildman–Crippen MR) is 117 cm³/mol. The van der Waals surface area contributed by atoms with Crippen LogP contribution < -0.4 is 9.99 Å². The van der Waals surface area contributed by atoms with Crippen LogP contribution in [0.25, 0.3) is 0 Å². The number of benzene rings is 2. The van der Waals surface area contributed by atoms with Crippen LogP contribution in [0.5, 0.6) is 0 Å². The van der Waals surface area contributed by atoms with Crippen LogP contribution in [0.1, 0.15) is 16.8 Å². The summed E-state index contributed by atoms with van der Waals surface area (Å²) in [6, 6.07) is 14.4. The Morgan fingerprint density at radius 2 is 1.74 bits per heavy atom. The number of nitro groups is 2. The lowest BCUT2D eigenvalue weighted by molar-refractivity contribution is -0.687. The number of rotatable bonds is 7. The van der Waals surface area contributed by atoms with Crippen molar-refractivity contribution in [1.29, 1.82) is 0 Å². The highest BCUT2D eigenvalue weighted by molar-refractivity contribution is 6.30. The first-order valence-electron chi connectivity index (χ1n) is 9.22. The molecular weight excluding hydrogens is 422 g/mol. The van der Waals surface area contributed by atoms with Crippen molar-refractivity contribution in [3.8, 4) is 0 Å². The molecule has 3 rings (SSSR count). The molecule has 1 heterocycles. The van der Waals surface area contributed by atoms with Gasteiger partial charge in [0.25, 0.3) is 5.69 Å². The Kier molecular flexibility index (Phi) is 6.56. The van der Waals surface area contributed by atoms with Gasteiger partial charge in [0.05, 0.1) is 15.9 Å². The number of aryl methyl sites for hydroxylation is 2. The second-order valence-electron chi connectivity index (χ2n) is 6.87. The van der Waals surface area contributed by atoms with Gasteiger partial charge in [-0.2, -0.15) is 9.67 Å². The van der Waals surface area contributed by atoms with Crippen LogP contribution in [0.2, 0.25) is 5.02 Å². The summed E-state index contributed by atoms with van der Waals surface area (Å²) in [5.41, 5.74) is 5.45. The molecule has 0 atom stereocenters. The molecule has 0 aliphatic carbocycles. The number of non-ortho nitro benzene ring substituents is 1. The Morgan fingerprint density at radius 3 is 2.35 bits per heavy atom. The lowest BCUT2D eigenvalue weighted by Crippen LogP contribution is -2.41. The maximum absolute atomic E-state index is 11.4. The Bertz CT molecular complexity index is 1180. The zero-order chi connectivity index (χ0) is 22.5. The molecule has 31 heavy (non-hydrogen) atoms. The molecule has 158 valence electrons. The van der Waals surface area contributed by atoms with Gasteiger partial charge in [0, 0.05) is 35.7 Å². The van der Waals surface area contributed by atoms with E-state index in [1.807, 2.05) is 36.7 Å². The van der Waals surface area contributed by atoms with Gasteiger partial charge in [-0.3, -0.25) is 25.7 Å². The summed E-state index contributed by atoms with van der Waals surface area (Å²) < 4.78 is 1.99. The van der Waals surface area contributed by atoms with Crippen molar-refractivity contribution in [2.75, 3.05) is 5.43 Å². The molecular formula is C21H19ClN5O4+. The summed E-state index contributed by atoms with van der Waals surface area (Å²) >= 11 is 6.00. The fourth-order valence-electron chi connectivity index (χ4n) is 2.96. The third kappa shape index (κ3) is 5.40. The molecule has 0 fully saturated rings. The van der Waals surface area contributed by atoms with E-state index in [1.165, 1.54) is 12.1 Å². The number of hydrazone groups is 1. The van der Waals surface area contributed by atoms with E-state index in [0.29, 0.717) is 17.3 Å². The minimum Gasteiger partial charge on any atom is -0.271 e. The molecule has 0 spiro atoms. The Labute approximate surface area is 182 Å². The van der Waals surface area contributed by atoms with Crippen molar-refractivity contribution in [3.63, 3.8) is 0 Å². The molecule has 0 radical (unpaired) electrons. The highest BCUT2D eigenvalue weighted by Crippen LogP contribution is 2.29. The number of halogens is 1.